The number of nitrogens with one attached hydrogen (secondary N) is 1. The molecule has 0 radical (unpaired) electrons. The van der Waals surface area contributed by atoms with Crippen LogP contribution in [0.15, 0.2) is 46.6 Å². The normalized spacial score (nSPS) is 15.7. The third kappa shape index (κ3) is 4.67. The van der Waals surface area contributed by atoms with Crippen molar-refractivity contribution in [2.45, 2.75) is 12.1 Å². The number of aromatic amines is 1. The Kier molecular flexibility index (Phi) is 6.35. The predicted molar refractivity (Wildman–Crippen MR) is 101 cm³/mol. The molecule has 1 saturated heterocycles. The first-order chi connectivity index (χ1) is 12.7. The van der Waals surface area contributed by atoms with Gasteiger partial charge in [0.2, 0.25) is 11.1 Å². The van der Waals surface area contributed by atoms with Gasteiger partial charge in [-0.25, -0.2) is 9.78 Å². The number of hydrogen-bond acceptors (Lipinski definition) is 7. The number of H-pyrrole nitrogens is 1. The number of amides is 1. The number of ether oxygens (including phenoxy) is 1. The summed E-state index contributed by atoms with van der Waals surface area (Å²) in [7, 11) is 0. The Bertz CT molecular complexity index is 807. The number of aromatic nitrogens is 3. The van der Waals surface area contributed by atoms with Gasteiger partial charge in [-0.3, -0.25) is 9.89 Å². The third-order valence-corrected chi connectivity index (χ3v) is 5.35. The Balaban J connectivity index is 1.56. The molecule has 2 aromatic rings. The molecule has 1 aliphatic rings. The van der Waals surface area contributed by atoms with Crippen molar-refractivity contribution in [3.8, 4) is 11.4 Å². The van der Waals surface area contributed by atoms with Crippen molar-refractivity contribution >= 4 is 35.4 Å². The second kappa shape index (κ2) is 8.91. The SMILES string of the molecule is CCOC(=O)/C=C1\SCC(=O)N1CCSc1n[nH]c(-c2ccccc2)n1. The quantitative estimate of drug-likeness (QED) is 0.441. The maximum atomic E-state index is 12.0. The number of thioether (sulfide) groups is 2. The Morgan fingerprint density at radius 3 is 3.00 bits per heavy atom. The molecule has 2 heterocycles. The fourth-order valence-corrected chi connectivity index (χ4v) is 4.00. The van der Waals surface area contributed by atoms with Gasteiger partial charge in [0.1, 0.15) is 0 Å². The molecule has 0 aliphatic carbocycles. The molecule has 7 nitrogen and oxygen atoms in total. The lowest BCUT2D eigenvalue weighted by Crippen LogP contribution is -2.27. The standard InChI is InChI=1S/C17H18N4O3S2/c1-2-24-15(23)10-14-21(13(22)11-26-14)8-9-25-17-18-16(19-20-17)12-6-4-3-5-7-12/h3-7,10H,2,8-9,11H2,1H3,(H,18,19,20)/b14-10-. The van der Waals surface area contributed by atoms with Gasteiger partial charge < -0.3 is 9.64 Å². The van der Waals surface area contributed by atoms with Crippen molar-refractivity contribution in [1.29, 1.82) is 0 Å². The summed E-state index contributed by atoms with van der Waals surface area (Å²) >= 11 is 2.81. The Labute approximate surface area is 159 Å². The molecule has 0 atom stereocenters. The van der Waals surface area contributed by atoms with Crippen LogP contribution < -0.4 is 0 Å². The molecule has 136 valence electrons. The number of hydrogen-bond donors (Lipinski definition) is 1. The molecule has 1 fully saturated rings. The number of benzene rings is 1. The fraction of sp³-hybridized carbons (Fsp3) is 0.294. The summed E-state index contributed by atoms with van der Waals surface area (Å²) in [6, 6.07) is 9.75. The average Bonchev–Trinajstić information content (AvgIpc) is 3.25. The minimum atomic E-state index is -0.427. The molecule has 1 aliphatic heterocycles. The molecule has 1 aromatic heterocycles. The van der Waals surface area contributed by atoms with Crippen LogP contribution in [0.25, 0.3) is 11.4 Å². The molecular formula is C17H18N4O3S2. The van der Waals surface area contributed by atoms with Crippen LogP contribution in [-0.2, 0) is 14.3 Å². The fourth-order valence-electron chi connectivity index (χ4n) is 2.32. The van der Waals surface area contributed by atoms with Gasteiger partial charge in [0, 0.05) is 17.9 Å². The summed E-state index contributed by atoms with van der Waals surface area (Å²) in [5, 5.41) is 8.37. The molecule has 0 unspecified atom stereocenters. The molecule has 0 saturated carbocycles. The zero-order valence-corrected chi connectivity index (χ0v) is 15.8. The van der Waals surface area contributed by atoms with Crippen LogP contribution in [0.1, 0.15) is 6.92 Å². The molecule has 26 heavy (non-hydrogen) atoms. The third-order valence-electron chi connectivity index (χ3n) is 3.50. The van der Waals surface area contributed by atoms with Crippen LogP contribution >= 0.6 is 23.5 Å². The predicted octanol–water partition coefficient (Wildman–Crippen LogP) is 2.54. The Hall–Kier alpha value is -2.26. The second-order valence-electron chi connectivity index (χ2n) is 5.25. The van der Waals surface area contributed by atoms with E-state index >= 15 is 0 Å². The highest BCUT2D eigenvalue weighted by Gasteiger charge is 2.27. The van der Waals surface area contributed by atoms with Gasteiger partial charge in [0.15, 0.2) is 5.82 Å². The number of carbonyl (C=O) groups excluding carboxylic acids is 2. The van der Waals surface area contributed by atoms with Crippen LogP contribution in [0.2, 0.25) is 0 Å². The minimum Gasteiger partial charge on any atom is -0.463 e. The van der Waals surface area contributed by atoms with Crippen molar-refractivity contribution < 1.29 is 14.3 Å². The number of esters is 1. The van der Waals surface area contributed by atoms with E-state index in [9.17, 15) is 9.59 Å². The van der Waals surface area contributed by atoms with Crippen molar-refractivity contribution in [3.05, 3.63) is 41.4 Å². The van der Waals surface area contributed by atoms with Crippen LogP contribution in [0, 0.1) is 0 Å². The van der Waals surface area contributed by atoms with Crippen molar-refractivity contribution in [3.63, 3.8) is 0 Å². The van der Waals surface area contributed by atoms with E-state index in [1.165, 1.54) is 29.6 Å². The largest absolute Gasteiger partial charge is 0.463 e. The number of rotatable bonds is 7. The first-order valence-corrected chi connectivity index (χ1v) is 10.1. The average molecular weight is 390 g/mol. The molecule has 1 aromatic carbocycles. The Morgan fingerprint density at radius 1 is 1.42 bits per heavy atom. The highest BCUT2D eigenvalue weighted by molar-refractivity contribution is 8.04. The van der Waals surface area contributed by atoms with E-state index < -0.39 is 5.97 Å². The molecule has 3 rings (SSSR count). The second-order valence-corrected chi connectivity index (χ2v) is 7.31. The molecule has 9 heteroatoms. The van der Waals surface area contributed by atoms with E-state index in [0.29, 0.717) is 40.7 Å². The lowest BCUT2D eigenvalue weighted by Gasteiger charge is -2.15. The molecule has 1 N–H and O–H groups in total. The lowest BCUT2D eigenvalue weighted by molar-refractivity contribution is -0.137. The Morgan fingerprint density at radius 2 is 2.23 bits per heavy atom. The number of nitrogens with zero attached hydrogens (tertiary/aromatic N) is 3. The van der Waals surface area contributed by atoms with Gasteiger partial charge in [-0.05, 0) is 6.92 Å². The van der Waals surface area contributed by atoms with Gasteiger partial charge in [0.25, 0.3) is 0 Å². The van der Waals surface area contributed by atoms with Crippen LogP contribution in [0.3, 0.4) is 0 Å². The smallest absolute Gasteiger partial charge is 0.333 e. The van der Waals surface area contributed by atoms with E-state index in [2.05, 4.69) is 15.2 Å². The van der Waals surface area contributed by atoms with Crippen molar-refractivity contribution in [1.82, 2.24) is 20.1 Å². The molecular weight excluding hydrogens is 372 g/mol. The molecule has 0 spiro atoms. The van der Waals surface area contributed by atoms with Crippen molar-refractivity contribution in [2.24, 2.45) is 0 Å². The first kappa shape index (κ1) is 18.5. The monoisotopic (exact) mass is 390 g/mol. The molecule has 0 bridgehead atoms. The van der Waals surface area contributed by atoms with E-state index in [0.717, 1.165) is 5.56 Å². The summed E-state index contributed by atoms with van der Waals surface area (Å²) in [5.41, 5.74) is 0.970. The lowest BCUT2D eigenvalue weighted by atomic mass is 10.2. The highest BCUT2D eigenvalue weighted by atomic mass is 32.2. The van der Waals surface area contributed by atoms with Gasteiger partial charge in [-0.2, -0.15) is 0 Å². The van der Waals surface area contributed by atoms with Crippen LogP contribution in [-0.4, -0.2) is 56.6 Å². The van der Waals surface area contributed by atoms with Gasteiger partial charge in [-0.1, -0.05) is 53.9 Å². The van der Waals surface area contributed by atoms with Gasteiger partial charge in [0.05, 0.1) is 23.5 Å². The van der Waals surface area contributed by atoms with E-state index in [4.69, 9.17) is 4.74 Å². The van der Waals surface area contributed by atoms with Crippen LogP contribution in [0.5, 0.6) is 0 Å². The minimum absolute atomic E-state index is 0.00823. The summed E-state index contributed by atoms with van der Waals surface area (Å²) in [4.78, 5) is 29.7. The maximum Gasteiger partial charge on any atom is 0.333 e. The summed E-state index contributed by atoms with van der Waals surface area (Å²) in [6.07, 6.45) is 1.38. The van der Waals surface area contributed by atoms with Crippen molar-refractivity contribution in [2.75, 3.05) is 24.7 Å². The number of carbonyl (C=O) groups is 2. The van der Waals surface area contributed by atoms with E-state index in [-0.39, 0.29) is 5.91 Å². The highest BCUT2D eigenvalue weighted by Crippen LogP contribution is 2.29. The zero-order chi connectivity index (χ0) is 18.4. The molecule has 1 amide bonds. The topological polar surface area (TPSA) is 88.2 Å². The summed E-state index contributed by atoms with van der Waals surface area (Å²) < 4.78 is 4.91. The van der Waals surface area contributed by atoms with E-state index in [1.54, 1.807) is 11.8 Å². The van der Waals surface area contributed by atoms with E-state index in [1.807, 2.05) is 30.3 Å². The maximum absolute atomic E-state index is 12.0. The van der Waals surface area contributed by atoms with Crippen LogP contribution in [0.4, 0.5) is 0 Å². The zero-order valence-electron chi connectivity index (χ0n) is 14.2. The summed E-state index contributed by atoms with van der Waals surface area (Å²) in [5.74, 6) is 1.24. The summed E-state index contributed by atoms with van der Waals surface area (Å²) in [6.45, 7) is 2.54. The van der Waals surface area contributed by atoms with Gasteiger partial charge in [-0.15, -0.1) is 5.10 Å². The van der Waals surface area contributed by atoms with Gasteiger partial charge >= 0.3 is 5.97 Å². The first-order valence-electron chi connectivity index (χ1n) is 8.09.